The molecule has 1 N–H and O–H groups in total. The maximum atomic E-state index is 12.2. The van der Waals surface area contributed by atoms with Gasteiger partial charge in [-0.3, -0.25) is 4.90 Å². The predicted octanol–water partition coefficient (Wildman–Crippen LogP) is 1.29. The van der Waals surface area contributed by atoms with Crippen LogP contribution >= 0.6 is 0 Å². The first-order valence-electron chi connectivity index (χ1n) is 7.80. The molecule has 1 amide bonds. The predicted molar refractivity (Wildman–Crippen MR) is 77.7 cm³/mol. The first-order valence-corrected chi connectivity index (χ1v) is 7.80. The normalized spacial score (nSPS) is 31.9. The fourth-order valence-corrected chi connectivity index (χ4v) is 3.56. The van der Waals surface area contributed by atoms with Gasteiger partial charge in [0.1, 0.15) is 5.60 Å². The van der Waals surface area contributed by atoms with Gasteiger partial charge in [-0.05, 0) is 40.2 Å². The Labute approximate surface area is 121 Å². The molecule has 0 saturated carbocycles. The van der Waals surface area contributed by atoms with E-state index in [0.717, 1.165) is 45.2 Å². The molecule has 0 aliphatic carbocycles. The Morgan fingerprint density at radius 1 is 1.20 bits per heavy atom. The first kappa shape index (κ1) is 14.1. The Hall–Kier alpha value is -0.810. The van der Waals surface area contributed by atoms with Crippen LogP contribution in [0.3, 0.4) is 0 Å². The first-order chi connectivity index (χ1) is 9.37. The molecule has 0 aromatic carbocycles. The summed E-state index contributed by atoms with van der Waals surface area (Å²) in [6, 6.07) is 0.727. The fourth-order valence-electron chi connectivity index (χ4n) is 3.56. The molecule has 3 heterocycles. The maximum Gasteiger partial charge on any atom is 0.410 e. The molecule has 20 heavy (non-hydrogen) atoms. The molecule has 3 rings (SSSR count). The highest BCUT2D eigenvalue weighted by atomic mass is 16.6. The molecular weight excluding hydrogens is 254 g/mol. The van der Waals surface area contributed by atoms with E-state index in [4.69, 9.17) is 4.74 Å². The van der Waals surface area contributed by atoms with Crippen molar-refractivity contribution in [3.8, 4) is 0 Å². The van der Waals surface area contributed by atoms with E-state index in [1.807, 2.05) is 25.7 Å². The fraction of sp³-hybridized carbons (Fsp3) is 0.933. The number of nitrogens with zero attached hydrogens (tertiary/aromatic N) is 2. The van der Waals surface area contributed by atoms with Gasteiger partial charge >= 0.3 is 6.09 Å². The van der Waals surface area contributed by atoms with Crippen LogP contribution in [0.25, 0.3) is 0 Å². The third kappa shape index (κ3) is 2.79. The van der Waals surface area contributed by atoms with Crippen LogP contribution < -0.4 is 5.32 Å². The molecule has 0 aromatic rings. The van der Waals surface area contributed by atoms with Crippen LogP contribution in [0.2, 0.25) is 0 Å². The van der Waals surface area contributed by atoms with Crippen molar-refractivity contribution >= 4 is 6.09 Å². The van der Waals surface area contributed by atoms with Crippen LogP contribution in [0.1, 0.15) is 33.6 Å². The van der Waals surface area contributed by atoms with Gasteiger partial charge in [0.15, 0.2) is 0 Å². The summed E-state index contributed by atoms with van der Waals surface area (Å²) in [4.78, 5) is 16.7. The van der Waals surface area contributed by atoms with Crippen LogP contribution in [-0.4, -0.2) is 66.8 Å². The van der Waals surface area contributed by atoms with E-state index >= 15 is 0 Å². The van der Waals surface area contributed by atoms with Crippen molar-refractivity contribution in [3.63, 3.8) is 0 Å². The molecule has 3 fully saturated rings. The molecule has 1 atom stereocenters. The van der Waals surface area contributed by atoms with E-state index in [0.29, 0.717) is 5.41 Å². The van der Waals surface area contributed by atoms with Gasteiger partial charge in [0.25, 0.3) is 0 Å². The Kier molecular flexibility index (Phi) is 3.45. The van der Waals surface area contributed by atoms with Crippen molar-refractivity contribution in [1.29, 1.82) is 0 Å². The zero-order valence-corrected chi connectivity index (χ0v) is 12.9. The van der Waals surface area contributed by atoms with Gasteiger partial charge in [0.05, 0.1) is 0 Å². The van der Waals surface area contributed by atoms with Crippen LogP contribution in [0.5, 0.6) is 0 Å². The largest absolute Gasteiger partial charge is 0.444 e. The molecule has 1 spiro atoms. The number of carbonyl (C=O) groups is 1. The average Bonchev–Trinajstić information content (AvgIpc) is 2.83. The lowest BCUT2D eigenvalue weighted by Gasteiger charge is -2.36. The topological polar surface area (TPSA) is 44.8 Å². The number of ether oxygens (including phenoxy) is 1. The van der Waals surface area contributed by atoms with E-state index in [-0.39, 0.29) is 6.09 Å². The minimum absolute atomic E-state index is 0.141. The van der Waals surface area contributed by atoms with Crippen molar-refractivity contribution in [1.82, 2.24) is 15.1 Å². The zero-order valence-electron chi connectivity index (χ0n) is 12.9. The molecule has 5 heteroatoms. The summed E-state index contributed by atoms with van der Waals surface area (Å²) in [5.74, 6) is 0. The highest BCUT2D eigenvalue weighted by Gasteiger charge is 2.47. The van der Waals surface area contributed by atoms with Gasteiger partial charge in [0.2, 0.25) is 0 Å². The third-order valence-electron chi connectivity index (χ3n) is 4.83. The molecule has 0 bridgehead atoms. The van der Waals surface area contributed by atoms with E-state index in [9.17, 15) is 4.79 Å². The van der Waals surface area contributed by atoms with Gasteiger partial charge in [0, 0.05) is 44.2 Å². The van der Waals surface area contributed by atoms with Crippen LogP contribution in [-0.2, 0) is 4.74 Å². The van der Waals surface area contributed by atoms with E-state index in [1.165, 1.54) is 13.0 Å². The number of nitrogens with one attached hydrogen (secondary N) is 1. The van der Waals surface area contributed by atoms with Crippen molar-refractivity contribution < 1.29 is 9.53 Å². The van der Waals surface area contributed by atoms with Gasteiger partial charge < -0.3 is 15.0 Å². The van der Waals surface area contributed by atoms with Gasteiger partial charge in [-0.15, -0.1) is 0 Å². The number of amides is 1. The van der Waals surface area contributed by atoms with Gasteiger partial charge in [-0.25, -0.2) is 4.79 Å². The summed E-state index contributed by atoms with van der Waals surface area (Å²) >= 11 is 0. The summed E-state index contributed by atoms with van der Waals surface area (Å²) in [6.45, 7) is 12.1. The molecule has 114 valence electrons. The second kappa shape index (κ2) is 4.88. The highest BCUT2D eigenvalue weighted by molar-refractivity contribution is 5.68. The smallest absolute Gasteiger partial charge is 0.410 e. The van der Waals surface area contributed by atoms with E-state index in [1.54, 1.807) is 0 Å². The summed E-state index contributed by atoms with van der Waals surface area (Å²) in [6.07, 6.45) is 2.21. The van der Waals surface area contributed by atoms with Crippen molar-refractivity contribution in [2.75, 3.05) is 39.3 Å². The molecule has 0 radical (unpaired) electrons. The molecule has 1 unspecified atom stereocenters. The second-order valence-corrected chi connectivity index (χ2v) is 7.68. The molecule has 0 aromatic heterocycles. The van der Waals surface area contributed by atoms with Crippen molar-refractivity contribution in [3.05, 3.63) is 0 Å². The Bertz CT molecular complexity index is 389. The molecule has 5 nitrogen and oxygen atoms in total. The lowest BCUT2D eigenvalue weighted by molar-refractivity contribution is 0.0272. The number of hydrogen-bond acceptors (Lipinski definition) is 4. The maximum absolute atomic E-state index is 12.2. The summed E-state index contributed by atoms with van der Waals surface area (Å²) in [7, 11) is 0. The highest BCUT2D eigenvalue weighted by Crippen LogP contribution is 2.40. The standard InChI is InChI=1S/C15H27N3O2/c1-14(2,3)20-13(19)18-7-5-15(11-18)4-6-17(10-15)12-8-16-9-12/h12,16H,4-11H2,1-3H3. The molecule has 3 aliphatic heterocycles. The number of hydrogen-bond donors (Lipinski definition) is 1. The Morgan fingerprint density at radius 3 is 2.50 bits per heavy atom. The van der Waals surface area contributed by atoms with Crippen LogP contribution in [0.15, 0.2) is 0 Å². The summed E-state index contributed by atoms with van der Waals surface area (Å²) in [5.41, 5.74) is -0.0708. The zero-order chi connectivity index (χ0) is 14.4. The number of rotatable bonds is 1. The minimum Gasteiger partial charge on any atom is -0.444 e. The number of likely N-dealkylation sites (tertiary alicyclic amines) is 2. The minimum atomic E-state index is -0.397. The monoisotopic (exact) mass is 281 g/mol. The van der Waals surface area contributed by atoms with Gasteiger partial charge in [-0.2, -0.15) is 0 Å². The van der Waals surface area contributed by atoms with Crippen LogP contribution in [0, 0.1) is 5.41 Å². The quantitative estimate of drug-likeness (QED) is 0.787. The van der Waals surface area contributed by atoms with Crippen LogP contribution in [0.4, 0.5) is 4.79 Å². The van der Waals surface area contributed by atoms with E-state index in [2.05, 4.69) is 10.2 Å². The Morgan fingerprint density at radius 2 is 1.90 bits per heavy atom. The molecule has 3 saturated heterocycles. The van der Waals surface area contributed by atoms with Crippen molar-refractivity contribution in [2.24, 2.45) is 5.41 Å². The number of carbonyl (C=O) groups excluding carboxylic acids is 1. The average molecular weight is 281 g/mol. The third-order valence-corrected chi connectivity index (χ3v) is 4.83. The molecular formula is C15H27N3O2. The SMILES string of the molecule is CC(C)(C)OC(=O)N1CCC2(CCN(C3CNC3)C2)C1. The van der Waals surface area contributed by atoms with E-state index < -0.39 is 5.60 Å². The Balaban J connectivity index is 1.55. The van der Waals surface area contributed by atoms with Gasteiger partial charge in [-0.1, -0.05) is 0 Å². The summed E-state index contributed by atoms with van der Waals surface area (Å²) in [5, 5.41) is 3.34. The van der Waals surface area contributed by atoms with Crippen molar-refractivity contribution in [2.45, 2.75) is 45.3 Å². The molecule has 3 aliphatic rings. The lowest BCUT2D eigenvalue weighted by Crippen LogP contribution is -2.56. The second-order valence-electron chi connectivity index (χ2n) is 7.68. The summed E-state index contributed by atoms with van der Waals surface area (Å²) < 4.78 is 5.49. The lowest BCUT2D eigenvalue weighted by atomic mass is 9.86.